The molecule has 0 N–H and O–H groups in total. The van der Waals surface area contributed by atoms with E-state index in [1.54, 1.807) is 24.3 Å². The van der Waals surface area contributed by atoms with Crippen LogP contribution in [-0.2, 0) is 0 Å². The number of carbonyl (C=O) groups is 1. The predicted molar refractivity (Wildman–Crippen MR) is 84.4 cm³/mol. The van der Waals surface area contributed by atoms with Gasteiger partial charge in [0.1, 0.15) is 5.54 Å². The fourth-order valence-corrected chi connectivity index (χ4v) is 5.63. The van der Waals surface area contributed by atoms with Crippen molar-refractivity contribution in [1.29, 1.82) is 5.26 Å². The minimum Gasteiger partial charge on any atom is -0.319 e. The van der Waals surface area contributed by atoms with Gasteiger partial charge in [-0.15, -0.1) is 0 Å². The van der Waals surface area contributed by atoms with Crippen molar-refractivity contribution in [1.82, 2.24) is 4.90 Å². The lowest BCUT2D eigenvalue weighted by molar-refractivity contribution is 0.0430. The molecule has 0 aromatic heterocycles. The van der Waals surface area contributed by atoms with Crippen LogP contribution < -0.4 is 0 Å². The molecule has 0 unspecified atom stereocenters. The topological polar surface area (TPSA) is 44.1 Å². The molecule has 0 radical (unpaired) electrons. The van der Waals surface area contributed by atoms with Crippen molar-refractivity contribution in [3.8, 4) is 6.07 Å². The van der Waals surface area contributed by atoms with Crippen LogP contribution in [0.3, 0.4) is 0 Å². The summed E-state index contributed by atoms with van der Waals surface area (Å²) in [6.07, 6.45) is 3.07. The van der Waals surface area contributed by atoms with Gasteiger partial charge in [-0.1, -0.05) is 25.4 Å². The van der Waals surface area contributed by atoms with Crippen LogP contribution in [0.25, 0.3) is 0 Å². The van der Waals surface area contributed by atoms with E-state index in [4.69, 9.17) is 11.6 Å². The molecule has 2 aliphatic carbocycles. The molecule has 114 valence electrons. The number of nitrogens with zero attached hydrogens (tertiary/aromatic N) is 2. The molecule has 4 heteroatoms. The van der Waals surface area contributed by atoms with Gasteiger partial charge in [0, 0.05) is 22.5 Å². The quantitative estimate of drug-likeness (QED) is 0.789. The van der Waals surface area contributed by atoms with E-state index in [1.807, 2.05) is 4.90 Å². The van der Waals surface area contributed by atoms with E-state index in [1.165, 1.54) is 6.42 Å². The van der Waals surface area contributed by atoms with E-state index >= 15 is 0 Å². The maximum atomic E-state index is 13.0. The van der Waals surface area contributed by atoms with Crippen LogP contribution >= 0.6 is 11.6 Å². The summed E-state index contributed by atoms with van der Waals surface area (Å²) in [5.74, 6) is 0.542. The number of carbonyl (C=O) groups excluding carboxylic acids is 1. The van der Waals surface area contributed by atoms with Gasteiger partial charge in [-0.25, -0.2) is 0 Å². The second kappa shape index (κ2) is 4.06. The van der Waals surface area contributed by atoms with Gasteiger partial charge in [-0.2, -0.15) is 5.26 Å². The summed E-state index contributed by atoms with van der Waals surface area (Å²) in [6, 6.07) is 9.53. The van der Waals surface area contributed by atoms with Crippen LogP contribution in [0.5, 0.6) is 0 Å². The van der Waals surface area contributed by atoms with Crippen molar-refractivity contribution in [3.63, 3.8) is 0 Å². The molecule has 1 aromatic rings. The van der Waals surface area contributed by atoms with E-state index in [0.29, 0.717) is 23.0 Å². The fourth-order valence-electron chi connectivity index (χ4n) is 5.50. The smallest absolute Gasteiger partial charge is 0.255 e. The first-order valence-electron chi connectivity index (χ1n) is 7.87. The highest BCUT2D eigenvalue weighted by Gasteiger charge is 2.78. The lowest BCUT2D eigenvalue weighted by Crippen LogP contribution is -2.54. The SMILES string of the molecule is C[C@@]12CC[C@H]3C[C@@]1(C#N)N(C(=O)c1ccc(Cl)cc1)C[C@@]32C. The Morgan fingerprint density at radius 2 is 2.05 bits per heavy atom. The molecule has 1 amide bonds. The van der Waals surface area contributed by atoms with E-state index < -0.39 is 5.54 Å². The largest absolute Gasteiger partial charge is 0.319 e. The van der Waals surface area contributed by atoms with Crippen LogP contribution in [-0.4, -0.2) is 22.9 Å². The molecule has 0 spiro atoms. The molecular formula is C18H19ClN2O. The molecule has 1 aliphatic heterocycles. The zero-order valence-corrected chi connectivity index (χ0v) is 13.7. The standard InChI is InChI=1S/C18H19ClN2O/c1-16-11-21(15(22)12-3-5-14(19)6-4-12)18(10-20)9-13(16)7-8-17(16,18)2/h3-6,13H,7-9,11H2,1-2H3/t13-,16-,17-,18-/m0/s1. The van der Waals surface area contributed by atoms with Gasteiger partial charge in [0.2, 0.25) is 0 Å². The highest BCUT2D eigenvalue weighted by Crippen LogP contribution is 2.75. The van der Waals surface area contributed by atoms with Crippen LogP contribution in [0.15, 0.2) is 24.3 Å². The highest BCUT2D eigenvalue weighted by molar-refractivity contribution is 6.30. The fraction of sp³-hybridized carbons (Fsp3) is 0.556. The highest BCUT2D eigenvalue weighted by atomic mass is 35.5. The first-order valence-corrected chi connectivity index (χ1v) is 8.25. The second-order valence-electron chi connectivity index (χ2n) is 7.56. The third-order valence-corrected chi connectivity index (χ3v) is 7.33. The Morgan fingerprint density at radius 1 is 1.36 bits per heavy atom. The average Bonchev–Trinajstić information content (AvgIpc) is 2.96. The molecule has 4 bridgehead atoms. The van der Waals surface area contributed by atoms with Crippen molar-refractivity contribution >= 4 is 17.5 Å². The number of rotatable bonds is 1. The maximum absolute atomic E-state index is 13.0. The van der Waals surface area contributed by atoms with Gasteiger partial charge in [-0.3, -0.25) is 4.79 Å². The molecule has 2 saturated carbocycles. The molecule has 3 nitrogen and oxygen atoms in total. The molecule has 22 heavy (non-hydrogen) atoms. The van der Waals surface area contributed by atoms with Crippen molar-refractivity contribution in [2.24, 2.45) is 16.7 Å². The summed E-state index contributed by atoms with van der Waals surface area (Å²) >= 11 is 5.91. The Kier molecular flexibility index (Phi) is 2.60. The Balaban J connectivity index is 1.78. The van der Waals surface area contributed by atoms with Crippen molar-refractivity contribution in [3.05, 3.63) is 34.9 Å². The van der Waals surface area contributed by atoms with Crippen LogP contribution in [0, 0.1) is 28.1 Å². The zero-order chi connectivity index (χ0) is 15.8. The van der Waals surface area contributed by atoms with Gasteiger partial charge < -0.3 is 4.90 Å². The van der Waals surface area contributed by atoms with E-state index in [-0.39, 0.29) is 16.7 Å². The minimum atomic E-state index is -0.638. The van der Waals surface area contributed by atoms with Gasteiger partial charge >= 0.3 is 0 Å². The number of nitriles is 1. The number of benzene rings is 1. The van der Waals surface area contributed by atoms with Crippen molar-refractivity contribution < 1.29 is 4.79 Å². The molecule has 4 atom stereocenters. The number of likely N-dealkylation sites (tertiary alicyclic amines) is 1. The summed E-state index contributed by atoms with van der Waals surface area (Å²) in [7, 11) is 0. The van der Waals surface area contributed by atoms with E-state index in [2.05, 4.69) is 19.9 Å². The second-order valence-corrected chi connectivity index (χ2v) is 8.00. The Bertz CT molecular complexity index is 709. The normalized spacial score (nSPS) is 41.7. The molecule has 3 aliphatic rings. The Hall–Kier alpha value is -1.53. The van der Waals surface area contributed by atoms with Crippen molar-refractivity contribution in [2.45, 2.75) is 38.6 Å². The monoisotopic (exact) mass is 314 g/mol. The zero-order valence-electron chi connectivity index (χ0n) is 12.9. The van der Waals surface area contributed by atoms with Crippen molar-refractivity contribution in [2.75, 3.05) is 6.54 Å². The molecular weight excluding hydrogens is 296 g/mol. The van der Waals surface area contributed by atoms with Crippen LogP contribution in [0.2, 0.25) is 5.02 Å². The molecule has 1 saturated heterocycles. The summed E-state index contributed by atoms with van der Waals surface area (Å²) in [4.78, 5) is 14.9. The predicted octanol–water partition coefficient (Wildman–Crippen LogP) is 3.88. The average molecular weight is 315 g/mol. The number of hydrogen-bond acceptors (Lipinski definition) is 2. The van der Waals surface area contributed by atoms with Crippen LogP contribution in [0.1, 0.15) is 43.5 Å². The van der Waals surface area contributed by atoms with E-state index in [9.17, 15) is 10.1 Å². The lowest BCUT2D eigenvalue weighted by atomic mass is 9.66. The number of halogens is 1. The lowest BCUT2D eigenvalue weighted by Gasteiger charge is -2.43. The molecule has 1 aromatic carbocycles. The molecule has 3 fully saturated rings. The van der Waals surface area contributed by atoms with Crippen LogP contribution in [0.4, 0.5) is 0 Å². The molecule has 1 heterocycles. The Morgan fingerprint density at radius 3 is 2.64 bits per heavy atom. The summed E-state index contributed by atoms with van der Waals surface area (Å²) in [6.45, 7) is 5.19. The van der Waals surface area contributed by atoms with Gasteiger partial charge in [0.05, 0.1) is 6.07 Å². The number of piperidine rings is 1. The maximum Gasteiger partial charge on any atom is 0.255 e. The molecule has 4 rings (SSSR count). The number of hydrogen-bond donors (Lipinski definition) is 0. The summed E-state index contributed by atoms with van der Waals surface area (Å²) in [5.41, 5.74) is -0.0251. The minimum absolute atomic E-state index is 0.0338. The first kappa shape index (κ1) is 14.1. The first-order chi connectivity index (χ1) is 10.4. The van der Waals surface area contributed by atoms with Gasteiger partial charge in [-0.05, 0) is 54.9 Å². The van der Waals surface area contributed by atoms with Gasteiger partial charge in [0.15, 0.2) is 0 Å². The summed E-state index contributed by atoms with van der Waals surface area (Å²) < 4.78 is 0. The van der Waals surface area contributed by atoms with E-state index in [0.717, 1.165) is 12.8 Å². The Labute approximate surface area is 135 Å². The van der Waals surface area contributed by atoms with Gasteiger partial charge in [0.25, 0.3) is 5.91 Å². The third kappa shape index (κ3) is 1.32. The summed E-state index contributed by atoms with van der Waals surface area (Å²) in [5, 5.41) is 10.6. The third-order valence-electron chi connectivity index (χ3n) is 7.08. The number of amides is 1.